The molecule has 0 saturated carbocycles. The molecule has 20 heavy (non-hydrogen) atoms. The van der Waals surface area contributed by atoms with Crippen molar-refractivity contribution < 1.29 is 4.74 Å². The van der Waals surface area contributed by atoms with Crippen molar-refractivity contribution in [1.29, 1.82) is 0 Å². The Bertz CT molecular complexity index is 533. The molecule has 0 aromatic heterocycles. The third kappa shape index (κ3) is 3.53. The van der Waals surface area contributed by atoms with Crippen molar-refractivity contribution >= 4 is 5.69 Å². The Hall–Kier alpha value is -1.96. The number of aryl methyl sites for hydroxylation is 1. The van der Waals surface area contributed by atoms with E-state index in [9.17, 15) is 0 Å². The molecular weight excluding hydrogens is 246 g/mol. The molecule has 2 nitrogen and oxygen atoms in total. The lowest BCUT2D eigenvalue weighted by Crippen LogP contribution is -2.08. The minimum Gasteiger partial charge on any atom is -0.497 e. The Kier molecular flexibility index (Phi) is 5.05. The summed E-state index contributed by atoms with van der Waals surface area (Å²) in [6.45, 7) is 4.40. The molecule has 0 aliphatic rings. The van der Waals surface area contributed by atoms with Crippen LogP contribution in [-0.4, -0.2) is 7.11 Å². The first-order valence-corrected chi connectivity index (χ1v) is 7.23. The van der Waals surface area contributed by atoms with Crippen molar-refractivity contribution in [2.24, 2.45) is 0 Å². The summed E-state index contributed by atoms with van der Waals surface area (Å²) >= 11 is 0. The molecule has 2 aromatic carbocycles. The highest BCUT2D eigenvalue weighted by atomic mass is 16.5. The third-order valence-corrected chi connectivity index (χ3v) is 3.52. The molecule has 0 saturated heterocycles. The lowest BCUT2D eigenvalue weighted by atomic mass is 10.0. The van der Waals surface area contributed by atoms with Gasteiger partial charge in [-0.2, -0.15) is 0 Å². The molecule has 0 amide bonds. The molecule has 0 fully saturated rings. The van der Waals surface area contributed by atoms with Gasteiger partial charge >= 0.3 is 0 Å². The predicted octanol–water partition coefficient (Wildman–Crippen LogP) is 4.82. The highest BCUT2D eigenvalue weighted by Gasteiger charge is 2.08. The minimum atomic E-state index is 0.277. The number of rotatable bonds is 6. The smallest absolute Gasteiger partial charge is 0.118 e. The van der Waals surface area contributed by atoms with Crippen LogP contribution < -0.4 is 10.1 Å². The van der Waals surface area contributed by atoms with Crippen molar-refractivity contribution in [1.82, 2.24) is 0 Å². The van der Waals surface area contributed by atoms with Crippen LogP contribution in [0.1, 0.15) is 37.4 Å². The fourth-order valence-corrected chi connectivity index (χ4v) is 2.36. The molecule has 2 heteroatoms. The fourth-order valence-electron chi connectivity index (χ4n) is 2.36. The number of methoxy groups -OCH3 is 1. The monoisotopic (exact) mass is 269 g/mol. The van der Waals surface area contributed by atoms with E-state index in [0.717, 1.165) is 18.6 Å². The molecule has 2 aromatic rings. The number of hydrogen-bond acceptors (Lipinski definition) is 2. The van der Waals surface area contributed by atoms with E-state index in [1.165, 1.54) is 16.8 Å². The van der Waals surface area contributed by atoms with Crippen molar-refractivity contribution in [3.8, 4) is 5.75 Å². The van der Waals surface area contributed by atoms with E-state index in [1.54, 1.807) is 7.11 Å². The van der Waals surface area contributed by atoms with E-state index in [2.05, 4.69) is 55.6 Å². The summed E-state index contributed by atoms with van der Waals surface area (Å²) in [7, 11) is 1.69. The summed E-state index contributed by atoms with van der Waals surface area (Å²) in [6.07, 6.45) is 2.27. The van der Waals surface area contributed by atoms with E-state index in [0.29, 0.717) is 0 Å². The molecule has 0 heterocycles. The van der Waals surface area contributed by atoms with E-state index in [4.69, 9.17) is 4.74 Å². The van der Waals surface area contributed by atoms with Gasteiger partial charge in [0.05, 0.1) is 7.11 Å². The lowest BCUT2D eigenvalue weighted by molar-refractivity contribution is 0.414. The topological polar surface area (TPSA) is 21.3 Å². The Morgan fingerprint density at radius 1 is 1.05 bits per heavy atom. The standard InChI is InChI=1S/C18H23NO/c1-4-7-16-8-5-6-9-18(16)19-14(2)15-10-12-17(20-3)13-11-15/h5-6,8-14,19H,4,7H2,1-3H3. The minimum absolute atomic E-state index is 0.277. The SMILES string of the molecule is CCCc1ccccc1NC(C)c1ccc(OC)cc1. The number of anilines is 1. The average Bonchev–Trinajstić information content (AvgIpc) is 2.49. The van der Waals surface area contributed by atoms with Gasteiger partial charge in [0.1, 0.15) is 5.75 Å². The van der Waals surface area contributed by atoms with Crippen LogP contribution in [-0.2, 0) is 6.42 Å². The summed E-state index contributed by atoms with van der Waals surface area (Å²) in [6, 6.07) is 17.1. The van der Waals surface area contributed by atoms with E-state index < -0.39 is 0 Å². The number of para-hydroxylation sites is 1. The van der Waals surface area contributed by atoms with Gasteiger partial charge in [-0.1, -0.05) is 43.7 Å². The second-order valence-corrected chi connectivity index (χ2v) is 5.05. The van der Waals surface area contributed by atoms with Gasteiger partial charge in [0, 0.05) is 11.7 Å². The molecule has 0 aliphatic heterocycles. The molecule has 0 bridgehead atoms. The van der Waals surface area contributed by atoms with E-state index >= 15 is 0 Å². The molecular formula is C18H23NO. The summed E-state index contributed by atoms with van der Waals surface area (Å²) in [5, 5.41) is 3.61. The van der Waals surface area contributed by atoms with Crippen molar-refractivity contribution in [2.45, 2.75) is 32.7 Å². The first-order valence-electron chi connectivity index (χ1n) is 7.23. The molecule has 1 atom stereocenters. The molecule has 0 spiro atoms. The van der Waals surface area contributed by atoms with Crippen molar-refractivity contribution in [3.63, 3.8) is 0 Å². The summed E-state index contributed by atoms with van der Waals surface area (Å²) in [5.41, 5.74) is 3.88. The Balaban J connectivity index is 2.12. The number of ether oxygens (including phenoxy) is 1. The molecule has 0 aliphatic carbocycles. The summed E-state index contributed by atoms with van der Waals surface area (Å²) in [5.74, 6) is 0.896. The van der Waals surface area contributed by atoms with Crippen LogP contribution in [0.25, 0.3) is 0 Å². The van der Waals surface area contributed by atoms with Crippen LogP contribution in [0.5, 0.6) is 5.75 Å². The second-order valence-electron chi connectivity index (χ2n) is 5.05. The van der Waals surface area contributed by atoms with Gasteiger partial charge in [-0.25, -0.2) is 0 Å². The van der Waals surface area contributed by atoms with Crippen molar-refractivity contribution in [2.75, 3.05) is 12.4 Å². The normalized spacial score (nSPS) is 11.9. The zero-order valence-electron chi connectivity index (χ0n) is 12.5. The quantitative estimate of drug-likeness (QED) is 0.811. The van der Waals surface area contributed by atoms with Crippen LogP contribution in [0.2, 0.25) is 0 Å². The van der Waals surface area contributed by atoms with E-state index in [-0.39, 0.29) is 6.04 Å². The van der Waals surface area contributed by atoms with Gasteiger partial charge in [0.15, 0.2) is 0 Å². The maximum Gasteiger partial charge on any atom is 0.118 e. The van der Waals surface area contributed by atoms with Gasteiger partial charge in [0.2, 0.25) is 0 Å². The van der Waals surface area contributed by atoms with Gasteiger partial charge in [-0.15, -0.1) is 0 Å². The number of benzene rings is 2. The Morgan fingerprint density at radius 3 is 2.40 bits per heavy atom. The largest absolute Gasteiger partial charge is 0.497 e. The third-order valence-electron chi connectivity index (χ3n) is 3.52. The zero-order valence-corrected chi connectivity index (χ0v) is 12.5. The lowest BCUT2D eigenvalue weighted by Gasteiger charge is -2.18. The fraction of sp³-hybridized carbons (Fsp3) is 0.333. The Labute approximate surface area is 121 Å². The first-order chi connectivity index (χ1) is 9.74. The first kappa shape index (κ1) is 14.4. The van der Waals surface area contributed by atoms with Gasteiger partial charge in [0.25, 0.3) is 0 Å². The van der Waals surface area contributed by atoms with Gasteiger partial charge < -0.3 is 10.1 Å². The van der Waals surface area contributed by atoms with E-state index in [1.807, 2.05) is 12.1 Å². The summed E-state index contributed by atoms with van der Waals surface area (Å²) in [4.78, 5) is 0. The molecule has 106 valence electrons. The summed E-state index contributed by atoms with van der Waals surface area (Å²) < 4.78 is 5.20. The zero-order chi connectivity index (χ0) is 14.4. The van der Waals surface area contributed by atoms with Crippen LogP contribution in [0.3, 0.4) is 0 Å². The molecule has 1 N–H and O–H groups in total. The van der Waals surface area contributed by atoms with Crippen LogP contribution in [0, 0.1) is 0 Å². The number of hydrogen-bond donors (Lipinski definition) is 1. The highest BCUT2D eigenvalue weighted by molar-refractivity contribution is 5.52. The highest BCUT2D eigenvalue weighted by Crippen LogP contribution is 2.24. The second kappa shape index (κ2) is 6.99. The molecule has 2 rings (SSSR count). The van der Waals surface area contributed by atoms with Gasteiger partial charge in [-0.05, 0) is 42.7 Å². The average molecular weight is 269 g/mol. The predicted molar refractivity (Wildman–Crippen MR) is 85.5 cm³/mol. The number of nitrogens with one attached hydrogen (secondary N) is 1. The van der Waals surface area contributed by atoms with Crippen LogP contribution >= 0.6 is 0 Å². The maximum atomic E-state index is 5.20. The Morgan fingerprint density at radius 2 is 1.75 bits per heavy atom. The molecule has 1 unspecified atom stereocenters. The van der Waals surface area contributed by atoms with Crippen LogP contribution in [0.15, 0.2) is 48.5 Å². The van der Waals surface area contributed by atoms with Gasteiger partial charge in [-0.3, -0.25) is 0 Å². The van der Waals surface area contributed by atoms with Crippen molar-refractivity contribution in [3.05, 3.63) is 59.7 Å². The molecule has 0 radical (unpaired) electrons. The maximum absolute atomic E-state index is 5.20. The van der Waals surface area contributed by atoms with Crippen LogP contribution in [0.4, 0.5) is 5.69 Å².